The smallest absolute Gasteiger partial charge is 0.441 e. The summed E-state index contributed by atoms with van der Waals surface area (Å²) in [5.74, 6) is -5.98. The molecule has 0 unspecified atom stereocenters. The highest BCUT2D eigenvalue weighted by molar-refractivity contribution is 6.31. The number of ether oxygens (including phenoxy) is 1. The van der Waals surface area contributed by atoms with Crippen LogP contribution in [0.1, 0.15) is 17.3 Å². The molecule has 156 valence electrons. The number of rotatable bonds is 6. The van der Waals surface area contributed by atoms with Crippen LogP contribution in [0.15, 0.2) is 42.5 Å². The second kappa shape index (κ2) is 8.64. The molecule has 1 amide bonds. The predicted octanol–water partition coefficient (Wildman–Crippen LogP) is 4.28. The molecule has 0 aliphatic heterocycles. The van der Waals surface area contributed by atoms with E-state index >= 15 is 0 Å². The summed E-state index contributed by atoms with van der Waals surface area (Å²) in [4.78, 5) is 24.7. The summed E-state index contributed by atoms with van der Waals surface area (Å²) in [6.07, 6.45) is -5.43. The third kappa shape index (κ3) is 4.94. The zero-order chi connectivity index (χ0) is 21.8. The summed E-state index contributed by atoms with van der Waals surface area (Å²) in [5, 5.41) is 3.36. The Kier molecular flexibility index (Phi) is 6.68. The highest BCUT2D eigenvalue weighted by atomic mass is 35.5. The summed E-state index contributed by atoms with van der Waals surface area (Å²) in [6, 6.07) is 6.69. The van der Waals surface area contributed by atoms with Crippen LogP contribution in [0.25, 0.3) is 0 Å². The molecule has 5 nitrogen and oxygen atoms in total. The second-order valence-corrected chi connectivity index (χ2v) is 6.12. The van der Waals surface area contributed by atoms with E-state index in [4.69, 9.17) is 11.6 Å². The molecule has 2 aromatic carbocycles. The number of benzene rings is 2. The number of carbonyl (C=O) groups is 2. The van der Waals surface area contributed by atoms with Crippen LogP contribution in [0.2, 0.25) is 5.02 Å². The molecule has 0 spiro atoms. The van der Waals surface area contributed by atoms with E-state index < -0.39 is 47.6 Å². The van der Waals surface area contributed by atoms with Crippen LogP contribution >= 0.6 is 11.6 Å². The lowest BCUT2D eigenvalue weighted by Crippen LogP contribution is -2.69. The molecule has 11 heteroatoms. The molecule has 0 saturated heterocycles. The van der Waals surface area contributed by atoms with Crippen LogP contribution in [0.3, 0.4) is 0 Å². The first kappa shape index (κ1) is 22.4. The van der Waals surface area contributed by atoms with Crippen molar-refractivity contribution in [2.45, 2.75) is 18.8 Å². The Bertz CT molecular complexity index is 923. The van der Waals surface area contributed by atoms with Gasteiger partial charge in [-0.25, -0.2) is 13.6 Å². The number of anilines is 1. The number of nitrogens with one attached hydrogen (secondary N) is 2. The third-order valence-electron chi connectivity index (χ3n) is 3.65. The number of alkyl halides is 3. The van der Waals surface area contributed by atoms with Gasteiger partial charge in [0.15, 0.2) is 11.6 Å². The van der Waals surface area contributed by atoms with Gasteiger partial charge in [0.2, 0.25) is 0 Å². The highest BCUT2D eigenvalue weighted by Gasteiger charge is 2.63. The van der Waals surface area contributed by atoms with E-state index in [0.29, 0.717) is 12.1 Å². The summed E-state index contributed by atoms with van der Waals surface area (Å²) in [7, 11) is 0. The van der Waals surface area contributed by atoms with Crippen molar-refractivity contribution < 1.29 is 36.3 Å². The van der Waals surface area contributed by atoms with Gasteiger partial charge in [0.1, 0.15) is 0 Å². The van der Waals surface area contributed by atoms with E-state index in [2.05, 4.69) is 4.74 Å². The minimum atomic E-state index is -5.43. The maximum absolute atomic E-state index is 14.0. The summed E-state index contributed by atoms with van der Waals surface area (Å²) >= 11 is 5.74. The van der Waals surface area contributed by atoms with Gasteiger partial charge in [-0.3, -0.25) is 4.79 Å². The maximum Gasteiger partial charge on any atom is 0.441 e. The molecule has 0 saturated carbocycles. The van der Waals surface area contributed by atoms with Crippen LogP contribution in [-0.2, 0) is 9.53 Å². The second-order valence-electron chi connectivity index (χ2n) is 5.69. The number of halogens is 6. The summed E-state index contributed by atoms with van der Waals surface area (Å²) in [6.45, 7) is 0.818. The molecule has 0 aliphatic carbocycles. The van der Waals surface area contributed by atoms with Crippen molar-refractivity contribution in [2.24, 2.45) is 0 Å². The monoisotopic (exact) mass is 436 g/mol. The number of amides is 1. The lowest BCUT2D eigenvalue weighted by molar-refractivity contribution is -0.204. The minimum absolute atomic E-state index is 0.0694. The molecule has 0 radical (unpaired) electrons. The van der Waals surface area contributed by atoms with Crippen LogP contribution in [0, 0.1) is 11.6 Å². The Balaban J connectivity index is 2.54. The average molecular weight is 437 g/mol. The molecule has 2 rings (SSSR count). The van der Waals surface area contributed by atoms with Crippen LogP contribution in [0.5, 0.6) is 0 Å². The fraction of sp³-hybridized carbons (Fsp3) is 0.222. The molecule has 29 heavy (non-hydrogen) atoms. The SMILES string of the molecule is CCOC(=O)[C@@](NC(=O)c1cccc(Cl)c1)(Nc1ccc(F)c(F)c1)C(F)(F)F. The molecule has 0 fully saturated rings. The van der Waals surface area contributed by atoms with Gasteiger partial charge in [-0.1, -0.05) is 17.7 Å². The highest BCUT2D eigenvalue weighted by Crippen LogP contribution is 2.34. The topological polar surface area (TPSA) is 67.4 Å². The zero-order valence-corrected chi connectivity index (χ0v) is 15.5. The van der Waals surface area contributed by atoms with E-state index in [1.54, 1.807) is 10.6 Å². The van der Waals surface area contributed by atoms with Crippen molar-refractivity contribution in [3.63, 3.8) is 0 Å². The number of carbonyl (C=O) groups excluding carboxylic acids is 2. The lowest BCUT2D eigenvalue weighted by atomic mass is 10.1. The molecular weight excluding hydrogens is 423 g/mol. The quantitative estimate of drug-likeness (QED) is 0.403. The van der Waals surface area contributed by atoms with Gasteiger partial charge in [0, 0.05) is 22.3 Å². The number of hydrogen-bond acceptors (Lipinski definition) is 4. The van der Waals surface area contributed by atoms with E-state index in [1.165, 1.54) is 25.1 Å². The van der Waals surface area contributed by atoms with E-state index in [9.17, 15) is 31.5 Å². The number of hydrogen-bond donors (Lipinski definition) is 2. The minimum Gasteiger partial charge on any atom is -0.463 e. The van der Waals surface area contributed by atoms with Gasteiger partial charge >= 0.3 is 17.8 Å². The summed E-state index contributed by atoms with van der Waals surface area (Å²) < 4.78 is 73.1. The molecule has 0 aromatic heterocycles. The van der Waals surface area contributed by atoms with Crippen molar-refractivity contribution in [3.8, 4) is 0 Å². The van der Waals surface area contributed by atoms with Crippen molar-refractivity contribution in [1.29, 1.82) is 0 Å². The Morgan fingerprint density at radius 2 is 1.76 bits per heavy atom. The maximum atomic E-state index is 14.0. The largest absolute Gasteiger partial charge is 0.463 e. The molecule has 2 aromatic rings. The molecule has 0 aliphatic rings. The van der Waals surface area contributed by atoms with Crippen molar-refractivity contribution >= 4 is 29.2 Å². The fourth-order valence-electron chi connectivity index (χ4n) is 2.29. The fourth-order valence-corrected chi connectivity index (χ4v) is 2.48. The predicted molar refractivity (Wildman–Crippen MR) is 94.3 cm³/mol. The zero-order valence-electron chi connectivity index (χ0n) is 14.7. The van der Waals surface area contributed by atoms with E-state index in [-0.39, 0.29) is 10.6 Å². The molecule has 2 N–H and O–H groups in total. The van der Waals surface area contributed by atoms with Gasteiger partial charge in [0.05, 0.1) is 6.61 Å². The molecule has 1 atom stereocenters. The first-order chi connectivity index (χ1) is 13.5. The lowest BCUT2D eigenvalue weighted by Gasteiger charge is -2.35. The van der Waals surface area contributed by atoms with Crippen LogP contribution in [0.4, 0.5) is 27.6 Å². The first-order valence-electron chi connectivity index (χ1n) is 8.05. The molecule has 0 bridgehead atoms. The van der Waals surface area contributed by atoms with Crippen molar-refractivity contribution in [1.82, 2.24) is 5.32 Å². The number of esters is 1. The van der Waals surface area contributed by atoms with Crippen molar-refractivity contribution in [3.05, 3.63) is 64.7 Å². The summed E-state index contributed by atoms with van der Waals surface area (Å²) in [5.41, 5.74) is -4.68. The van der Waals surface area contributed by atoms with E-state index in [0.717, 1.165) is 12.1 Å². The Morgan fingerprint density at radius 1 is 1.07 bits per heavy atom. The average Bonchev–Trinajstić information content (AvgIpc) is 2.63. The normalized spacial score (nSPS) is 13.3. The van der Waals surface area contributed by atoms with Gasteiger partial charge in [0.25, 0.3) is 5.91 Å². The van der Waals surface area contributed by atoms with Gasteiger partial charge < -0.3 is 15.4 Å². The standard InChI is InChI=1S/C18H14ClF5N2O3/c1-2-29-16(28)17(18(22,23)24,25-12-6-7-13(20)14(21)9-12)26-15(27)10-4-3-5-11(19)8-10/h3-9,25H,2H2,1H3,(H,26,27)/t17-/m0/s1. The molecule has 0 heterocycles. The van der Waals surface area contributed by atoms with Crippen molar-refractivity contribution in [2.75, 3.05) is 11.9 Å². The first-order valence-corrected chi connectivity index (χ1v) is 8.43. The van der Waals surface area contributed by atoms with Gasteiger partial charge in [-0.05, 0) is 37.3 Å². The van der Waals surface area contributed by atoms with Crippen LogP contribution < -0.4 is 10.6 Å². The molecular formula is C18H14ClF5N2O3. The third-order valence-corrected chi connectivity index (χ3v) is 3.88. The van der Waals surface area contributed by atoms with Gasteiger partial charge in [-0.15, -0.1) is 0 Å². The van der Waals surface area contributed by atoms with Crippen LogP contribution in [-0.4, -0.2) is 30.3 Å². The van der Waals surface area contributed by atoms with E-state index in [1.807, 2.05) is 0 Å². The Labute approximate surface area is 166 Å². The Hall–Kier alpha value is -2.88. The van der Waals surface area contributed by atoms with Gasteiger partial charge in [-0.2, -0.15) is 13.2 Å². The Morgan fingerprint density at radius 3 is 2.31 bits per heavy atom.